The van der Waals surface area contributed by atoms with Crippen LogP contribution in [0.4, 0.5) is 8.78 Å². The van der Waals surface area contributed by atoms with Gasteiger partial charge in [0.15, 0.2) is 0 Å². The van der Waals surface area contributed by atoms with E-state index in [9.17, 15) is 8.78 Å². The molecule has 2 rings (SSSR count). The molecule has 0 amide bonds. The highest BCUT2D eigenvalue weighted by Crippen LogP contribution is 2.36. The van der Waals surface area contributed by atoms with Crippen molar-refractivity contribution in [1.29, 1.82) is 0 Å². The first-order chi connectivity index (χ1) is 10.2. The molecular weight excluding hydrogens is 270 g/mol. The minimum atomic E-state index is -0.154. The van der Waals surface area contributed by atoms with Gasteiger partial charge in [-0.15, -0.1) is 0 Å². The summed E-state index contributed by atoms with van der Waals surface area (Å²) in [4.78, 5) is 0. The fourth-order valence-corrected chi connectivity index (χ4v) is 3.22. The smallest absolute Gasteiger partial charge is 0.126 e. The van der Waals surface area contributed by atoms with E-state index in [2.05, 4.69) is 0 Å². The Morgan fingerprint density at radius 2 is 2.00 bits per heavy atom. The van der Waals surface area contributed by atoms with Gasteiger partial charge in [-0.1, -0.05) is 18.2 Å². The molecule has 0 aliphatic heterocycles. The van der Waals surface area contributed by atoms with E-state index in [0.717, 1.165) is 37.9 Å². The van der Waals surface area contributed by atoms with Gasteiger partial charge in [-0.25, -0.2) is 8.78 Å². The Hall–Kier alpha value is -1.22. The number of methoxy groups -OCH3 is 1. The number of ether oxygens (including phenoxy) is 1. The van der Waals surface area contributed by atoms with Crippen LogP contribution in [0.25, 0.3) is 0 Å². The Kier molecular flexibility index (Phi) is 6.37. The van der Waals surface area contributed by atoms with Gasteiger partial charge in [0.2, 0.25) is 0 Å². The van der Waals surface area contributed by atoms with Gasteiger partial charge >= 0.3 is 0 Å². The van der Waals surface area contributed by atoms with E-state index >= 15 is 0 Å². The molecule has 0 radical (unpaired) electrons. The van der Waals surface area contributed by atoms with Crippen LogP contribution in [0.2, 0.25) is 0 Å². The minimum Gasteiger partial charge on any atom is -0.384 e. The SMILES string of the molecule is COCC1CCC(c2ccc(CC/C=C/F)c(F)c2)CC1. The van der Waals surface area contributed by atoms with E-state index in [1.807, 2.05) is 12.1 Å². The maximum Gasteiger partial charge on any atom is 0.126 e. The van der Waals surface area contributed by atoms with E-state index in [1.165, 1.54) is 6.08 Å². The molecule has 1 fully saturated rings. The molecule has 3 heteroatoms. The van der Waals surface area contributed by atoms with Gasteiger partial charge in [0.25, 0.3) is 0 Å². The predicted molar refractivity (Wildman–Crippen MR) is 81.5 cm³/mol. The molecule has 0 atom stereocenters. The van der Waals surface area contributed by atoms with Crippen molar-refractivity contribution in [3.8, 4) is 0 Å². The average Bonchev–Trinajstić information content (AvgIpc) is 2.50. The molecule has 0 N–H and O–H groups in total. The van der Waals surface area contributed by atoms with E-state index in [0.29, 0.717) is 36.6 Å². The second-order valence-electron chi connectivity index (χ2n) is 5.92. The number of rotatable bonds is 6. The molecule has 0 saturated heterocycles. The van der Waals surface area contributed by atoms with Gasteiger partial charge in [-0.2, -0.15) is 0 Å². The zero-order chi connectivity index (χ0) is 15.1. The van der Waals surface area contributed by atoms with Crippen LogP contribution >= 0.6 is 0 Å². The lowest BCUT2D eigenvalue weighted by Crippen LogP contribution is -2.17. The number of allylic oxidation sites excluding steroid dienone is 1. The van der Waals surface area contributed by atoms with Gasteiger partial charge < -0.3 is 4.74 Å². The van der Waals surface area contributed by atoms with Gasteiger partial charge in [-0.3, -0.25) is 0 Å². The molecule has 0 unspecified atom stereocenters. The normalized spacial score (nSPS) is 22.8. The van der Waals surface area contributed by atoms with Crippen LogP contribution in [-0.2, 0) is 11.2 Å². The topological polar surface area (TPSA) is 9.23 Å². The largest absolute Gasteiger partial charge is 0.384 e. The Bertz CT molecular complexity index is 462. The molecule has 1 aliphatic rings. The summed E-state index contributed by atoms with van der Waals surface area (Å²) in [6, 6.07) is 5.58. The van der Waals surface area contributed by atoms with E-state index in [-0.39, 0.29) is 5.82 Å². The van der Waals surface area contributed by atoms with Crippen LogP contribution in [0, 0.1) is 11.7 Å². The van der Waals surface area contributed by atoms with Gasteiger partial charge in [0, 0.05) is 13.7 Å². The van der Waals surface area contributed by atoms with Gasteiger partial charge in [0.05, 0.1) is 6.33 Å². The second-order valence-corrected chi connectivity index (χ2v) is 5.92. The van der Waals surface area contributed by atoms with Gasteiger partial charge in [0.1, 0.15) is 5.82 Å². The molecule has 1 aromatic carbocycles. The van der Waals surface area contributed by atoms with Crippen LogP contribution in [0.1, 0.15) is 49.1 Å². The summed E-state index contributed by atoms with van der Waals surface area (Å²) in [7, 11) is 1.75. The lowest BCUT2D eigenvalue weighted by atomic mass is 9.79. The first-order valence-electron chi connectivity index (χ1n) is 7.77. The fourth-order valence-electron chi connectivity index (χ4n) is 3.22. The Morgan fingerprint density at radius 3 is 2.62 bits per heavy atom. The molecule has 21 heavy (non-hydrogen) atoms. The molecular formula is C18H24F2O. The van der Waals surface area contributed by atoms with Crippen LogP contribution in [-0.4, -0.2) is 13.7 Å². The summed E-state index contributed by atoms with van der Waals surface area (Å²) in [5.41, 5.74) is 1.78. The Labute approximate surface area is 126 Å². The van der Waals surface area contributed by atoms with E-state index in [4.69, 9.17) is 4.74 Å². The van der Waals surface area contributed by atoms with E-state index < -0.39 is 0 Å². The third-order valence-electron chi connectivity index (χ3n) is 4.47. The maximum atomic E-state index is 14.1. The maximum absolute atomic E-state index is 14.1. The average molecular weight is 294 g/mol. The second kappa shape index (κ2) is 8.28. The lowest BCUT2D eigenvalue weighted by Gasteiger charge is -2.28. The van der Waals surface area contributed by atoms with Crippen molar-refractivity contribution in [2.75, 3.05) is 13.7 Å². The molecule has 1 saturated carbocycles. The van der Waals surface area contributed by atoms with Crippen LogP contribution in [0.15, 0.2) is 30.6 Å². The molecule has 0 heterocycles. The molecule has 116 valence electrons. The predicted octanol–water partition coefficient (Wildman–Crippen LogP) is 5.16. The third-order valence-corrected chi connectivity index (χ3v) is 4.47. The van der Waals surface area contributed by atoms with Crippen molar-refractivity contribution < 1.29 is 13.5 Å². The van der Waals surface area contributed by atoms with E-state index in [1.54, 1.807) is 13.2 Å². The molecule has 1 nitrogen and oxygen atoms in total. The fraction of sp³-hybridized carbons (Fsp3) is 0.556. The highest BCUT2D eigenvalue weighted by Gasteiger charge is 2.22. The summed E-state index contributed by atoms with van der Waals surface area (Å²) >= 11 is 0. The van der Waals surface area contributed by atoms with Crippen LogP contribution < -0.4 is 0 Å². The minimum absolute atomic E-state index is 0.154. The molecule has 0 aromatic heterocycles. The number of aryl methyl sites for hydroxylation is 1. The summed E-state index contributed by atoms with van der Waals surface area (Å²) in [6.45, 7) is 0.835. The number of hydrogen-bond acceptors (Lipinski definition) is 1. The van der Waals surface area contributed by atoms with Crippen molar-refractivity contribution in [3.05, 3.63) is 47.5 Å². The zero-order valence-corrected chi connectivity index (χ0v) is 12.7. The summed E-state index contributed by atoms with van der Waals surface area (Å²) < 4.78 is 31.2. The number of halogens is 2. The molecule has 0 spiro atoms. The first kappa shape index (κ1) is 16.2. The molecule has 1 aromatic rings. The number of benzene rings is 1. The summed E-state index contributed by atoms with van der Waals surface area (Å²) in [5.74, 6) is 0.967. The van der Waals surface area contributed by atoms with Crippen LogP contribution in [0.3, 0.4) is 0 Å². The summed E-state index contributed by atoms with van der Waals surface area (Å²) in [6.07, 6.45) is 7.55. The van der Waals surface area contributed by atoms with Crippen molar-refractivity contribution in [2.24, 2.45) is 5.92 Å². The number of hydrogen-bond donors (Lipinski definition) is 0. The van der Waals surface area contributed by atoms with Gasteiger partial charge in [-0.05, 0) is 67.6 Å². The van der Waals surface area contributed by atoms with Crippen molar-refractivity contribution in [3.63, 3.8) is 0 Å². The Balaban J connectivity index is 1.94. The van der Waals surface area contributed by atoms with Crippen molar-refractivity contribution in [2.45, 2.75) is 44.4 Å². The first-order valence-corrected chi connectivity index (χ1v) is 7.77. The highest BCUT2D eigenvalue weighted by atomic mass is 19.1. The molecule has 1 aliphatic carbocycles. The van der Waals surface area contributed by atoms with Crippen molar-refractivity contribution in [1.82, 2.24) is 0 Å². The monoisotopic (exact) mass is 294 g/mol. The Morgan fingerprint density at radius 1 is 1.24 bits per heavy atom. The molecule has 0 bridgehead atoms. The quantitative estimate of drug-likeness (QED) is 0.704. The standard InChI is InChI=1S/C18H24F2O/c1-21-13-14-5-7-15(8-6-14)17-10-9-16(18(20)12-17)4-2-3-11-19/h3,9-12,14-15H,2,4-8,13H2,1H3/b11-3+. The third kappa shape index (κ3) is 4.63. The highest BCUT2D eigenvalue weighted by molar-refractivity contribution is 5.27. The van der Waals surface area contributed by atoms with Crippen molar-refractivity contribution >= 4 is 0 Å². The lowest BCUT2D eigenvalue weighted by molar-refractivity contribution is 0.127. The summed E-state index contributed by atoms with van der Waals surface area (Å²) in [5, 5.41) is 0. The zero-order valence-electron chi connectivity index (χ0n) is 12.7. The van der Waals surface area contributed by atoms with Crippen LogP contribution in [0.5, 0.6) is 0 Å².